The lowest BCUT2D eigenvalue weighted by Gasteiger charge is -2.36. The Labute approximate surface area is 478 Å². The van der Waals surface area contributed by atoms with Gasteiger partial charge in [0.25, 0.3) is 0 Å². The molecule has 11 heteroatoms. The lowest BCUT2D eigenvalue weighted by Crippen LogP contribution is -2.28. The molecule has 6 rings (SSSR count). The second kappa shape index (κ2) is 22.9. The Morgan fingerprint density at radius 2 is 0.425 bits per heavy atom. The van der Waals surface area contributed by atoms with E-state index in [2.05, 4.69) is 0 Å². The predicted octanol–water partition coefficient (Wildman–Crippen LogP) is 17.8. The van der Waals surface area contributed by atoms with Crippen LogP contribution in [0.3, 0.4) is 0 Å². The molecule has 0 aliphatic carbocycles. The van der Waals surface area contributed by atoms with Crippen molar-refractivity contribution in [3.8, 4) is 34.5 Å². The molecule has 434 valence electrons. The van der Waals surface area contributed by atoms with Gasteiger partial charge in [-0.1, -0.05) is 197 Å². The van der Waals surface area contributed by atoms with Gasteiger partial charge in [0.2, 0.25) is 0 Å². The Bertz CT molecular complexity index is 2690. The number of phosphoric ester groups is 1. The maximum Gasteiger partial charge on any atom is 0.475 e. The molecule has 0 heterocycles. The van der Waals surface area contributed by atoms with Crippen LogP contribution in [0.1, 0.15) is 230 Å². The van der Waals surface area contributed by atoms with Gasteiger partial charge >= 0.3 is 7.82 Å². The number of phenols is 6. The Hall–Kier alpha value is -5.77. The normalized spacial score (nSPS) is 15.1. The Balaban J connectivity index is 1.65. The minimum atomic E-state index is -4.89. The van der Waals surface area contributed by atoms with Crippen LogP contribution in [-0.4, -0.2) is 49.0 Å². The number of rotatable bonds is 15. The zero-order valence-corrected chi connectivity index (χ0v) is 52.5. The van der Waals surface area contributed by atoms with E-state index in [1.54, 1.807) is 36.4 Å². The van der Waals surface area contributed by atoms with Crippen LogP contribution in [0.15, 0.2) is 109 Å². The van der Waals surface area contributed by atoms with E-state index < -0.39 is 76.4 Å². The van der Waals surface area contributed by atoms with Crippen LogP contribution in [0.5, 0.6) is 34.5 Å². The van der Waals surface area contributed by atoms with Crippen LogP contribution in [0.25, 0.3) is 0 Å². The molecule has 0 radical (unpaired) electrons. The molecule has 0 aliphatic rings. The molecule has 0 saturated carbocycles. The third-order valence-corrected chi connectivity index (χ3v) is 17.2. The summed E-state index contributed by atoms with van der Waals surface area (Å²) < 4.78 is 38.3. The molecule has 0 aliphatic heterocycles. The fourth-order valence-corrected chi connectivity index (χ4v) is 12.9. The molecule has 3 unspecified atom stereocenters. The molecule has 80 heavy (non-hydrogen) atoms. The average Bonchev–Trinajstić information content (AvgIpc) is 3.30. The maximum absolute atomic E-state index is 16.9. The summed E-state index contributed by atoms with van der Waals surface area (Å²) in [5.41, 5.74) is 5.89. The molecular formula is C69H93O10P. The van der Waals surface area contributed by atoms with Crippen molar-refractivity contribution in [3.05, 3.63) is 176 Å². The SMILES string of the molecule is CC(OP(=O)(OC(C)C(c1ccc(O)c(C(C)(C)C)c1)c1ccc(O)c(C(C)(C)C)c1)OC(C)C(c1ccc(O)c(C(C)(C)C)c1)c1ccc(O)c(C(C)(C)C)c1)C(c1ccc(O)c(C(C)(C)C)c1)c1ccc(O)c(C(C)(C)C)c1. The van der Waals surface area contributed by atoms with Crippen LogP contribution >= 0.6 is 7.82 Å². The van der Waals surface area contributed by atoms with E-state index in [1.807, 2.05) is 218 Å². The monoisotopic (exact) mass is 1110 g/mol. The van der Waals surface area contributed by atoms with Crippen molar-refractivity contribution >= 4 is 7.82 Å². The van der Waals surface area contributed by atoms with Gasteiger partial charge < -0.3 is 30.6 Å². The van der Waals surface area contributed by atoms with Gasteiger partial charge in [0.1, 0.15) is 34.5 Å². The number of aromatic hydroxyl groups is 6. The minimum Gasteiger partial charge on any atom is -0.508 e. The van der Waals surface area contributed by atoms with Crippen molar-refractivity contribution < 1.29 is 48.8 Å². The van der Waals surface area contributed by atoms with E-state index in [0.29, 0.717) is 33.4 Å². The summed E-state index contributed by atoms with van der Waals surface area (Å²) in [5.74, 6) is -1.23. The van der Waals surface area contributed by atoms with Crippen molar-refractivity contribution in [1.29, 1.82) is 0 Å². The fraction of sp³-hybridized carbons (Fsp3) is 0.478. The number of benzene rings is 6. The first-order valence-corrected chi connectivity index (χ1v) is 29.6. The Morgan fingerprint density at radius 1 is 0.287 bits per heavy atom. The second-order valence-electron chi connectivity index (χ2n) is 28.5. The third kappa shape index (κ3) is 14.5. The third-order valence-electron chi connectivity index (χ3n) is 15.4. The van der Waals surface area contributed by atoms with Crippen LogP contribution in [-0.2, 0) is 50.6 Å². The summed E-state index contributed by atoms with van der Waals surface area (Å²) in [6.45, 7) is 42.0. The molecule has 3 atom stereocenters. The first-order chi connectivity index (χ1) is 36.5. The van der Waals surface area contributed by atoms with Gasteiger partial charge in [-0.2, -0.15) is 0 Å². The van der Waals surface area contributed by atoms with Crippen molar-refractivity contribution in [2.45, 2.75) is 214 Å². The zero-order valence-electron chi connectivity index (χ0n) is 51.6. The van der Waals surface area contributed by atoms with Gasteiger partial charge in [0, 0.05) is 17.8 Å². The summed E-state index contributed by atoms with van der Waals surface area (Å²) in [5, 5.41) is 67.9. The van der Waals surface area contributed by atoms with E-state index in [4.69, 9.17) is 13.6 Å². The van der Waals surface area contributed by atoms with E-state index in [-0.39, 0.29) is 34.5 Å². The van der Waals surface area contributed by atoms with Gasteiger partial charge in [0.15, 0.2) is 0 Å². The number of hydrogen-bond donors (Lipinski definition) is 6. The van der Waals surface area contributed by atoms with Crippen molar-refractivity contribution in [3.63, 3.8) is 0 Å². The highest BCUT2D eigenvalue weighted by Gasteiger charge is 2.43. The smallest absolute Gasteiger partial charge is 0.475 e. The van der Waals surface area contributed by atoms with Gasteiger partial charge in [-0.3, -0.25) is 13.6 Å². The van der Waals surface area contributed by atoms with Gasteiger partial charge in [-0.25, -0.2) is 4.57 Å². The highest BCUT2D eigenvalue weighted by atomic mass is 31.2. The molecule has 0 bridgehead atoms. The molecular weight excluding hydrogens is 1020 g/mol. The maximum atomic E-state index is 16.9. The summed E-state index contributed by atoms with van der Waals surface area (Å²) in [6.07, 6.45) is -2.93. The predicted molar refractivity (Wildman–Crippen MR) is 326 cm³/mol. The molecule has 6 aromatic rings. The minimum absolute atomic E-state index is 0.132. The molecule has 0 amide bonds. The van der Waals surface area contributed by atoms with E-state index in [1.165, 1.54) is 0 Å². The molecule has 0 aromatic heterocycles. The lowest BCUT2D eigenvalue weighted by molar-refractivity contribution is 0.0321. The van der Waals surface area contributed by atoms with Crippen molar-refractivity contribution in [2.75, 3.05) is 0 Å². The first-order valence-electron chi connectivity index (χ1n) is 28.2. The van der Waals surface area contributed by atoms with Crippen LogP contribution < -0.4 is 0 Å². The summed E-state index contributed by atoms with van der Waals surface area (Å²) >= 11 is 0. The van der Waals surface area contributed by atoms with E-state index >= 15 is 4.57 Å². The molecule has 0 saturated heterocycles. The summed E-state index contributed by atoms with van der Waals surface area (Å²) in [4.78, 5) is 0. The highest BCUT2D eigenvalue weighted by molar-refractivity contribution is 7.48. The topological polar surface area (TPSA) is 166 Å². The Morgan fingerprint density at radius 3 is 0.550 bits per heavy atom. The zero-order chi connectivity index (χ0) is 60.2. The molecule has 0 spiro atoms. The quantitative estimate of drug-likeness (QED) is 0.0545. The summed E-state index contributed by atoms with van der Waals surface area (Å²) in [6, 6.07) is 32.8. The standard InChI is InChI=1S/C69H93O10P/c1-40(61(43-22-28-55(70)49(34-43)64(4,5)6)44-23-29-56(71)50(35-44)65(7,8)9)77-80(76,78-41(2)62(45-24-30-57(72)51(36-45)66(10,11)12)46-25-31-58(73)52(37-46)67(13,14)15)79-42(3)63(47-26-32-59(74)53(38-47)68(16,17)18)48-27-33-60(75)54(39-48)69(19,20)21/h22-42,61-63,70-75H,1-21H3. The fourth-order valence-electron chi connectivity index (χ4n) is 11.2. The average molecular weight is 1110 g/mol. The van der Waals surface area contributed by atoms with Crippen LogP contribution in [0.2, 0.25) is 0 Å². The largest absolute Gasteiger partial charge is 0.508 e. The highest BCUT2D eigenvalue weighted by Crippen LogP contribution is 2.59. The molecule has 6 aromatic carbocycles. The second-order valence-corrected chi connectivity index (χ2v) is 30.0. The Kier molecular flexibility index (Phi) is 18.1. The molecule has 10 nitrogen and oxygen atoms in total. The molecule has 0 fully saturated rings. The van der Waals surface area contributed by atoms with Crippen molar-refractivity contribution in [1.82, 2.24) is 0 Å². The summed E-state index contributed by atoms with van der Waals surface area (Å²) in [7, 11) is -4.89. The van der Waals surface area contributed by atoms with Crippen LogP contribution in [0, 0.1) is 0 Å². The van der Waals surface area contributed by atoms with Gasteiger partial charge in [0.05, 0.1) is 18.3 Å². The van der Waals surface area contributed by atoms with E-state index in [9.17, 15) is 30.6 Å². The number of phosphoric acid groups is 1. The number of hydrogen-bond acceptors (Lipinski definition) is 10. The first kappa shape index (κ1) is 63.4. The van der Waals surface area contributed by atoms with Crippen LogP contribution in [0.4, 0.5) is 0 Å². The van der Waals surface area contributed by atoms with Crippen molar-refractivity contribution in [2.24, 2.45) is 0 Å². The molecule has 6 N–H and O–H groups in total. The lowest BCUT2D eigenvalue weighted by atomic mass is 9.79. The van der Waals surface area contributed by atoms with Gasteiger partial charge in [-0.05, 0) is 156 Å². The van der Waals surface area contributed by atoms with E-state index in [0.717, 1.165) is 33.4 Å². The van der Waals surface area contributed by atoms with Gasteiger partial charge in [-0.15, -0.1) is 0 Å². The number of phenolic OH excluding ortho intramolecular Hbond substituents is 6.